The van der Waals surface area contributed by atoms with Crippen LogP contribution in [0.1, 0.15) is 32.1 Å². The summed E-state index contributed by atoms with van der Waals surface area (Å²) in [6, 6.07) is 6.03. The van der Waals surface area contributed by atoms with E-state index in [9.17, 15) is 0 Å². The average Bonchev–Trinajstić information content (AvgIpc) is 3.31. The maximum absolute atomic E-state index is 6.54. The fourth-order valence-corrected chi connectivity index (χ4v) is 4.58. The highest BCUT2D eigenvalue weighted by Crippen LogP contribution is 2.30. The molecule has 1 aliphatic carbocycles. The van der Waals surface area contributed by atoms with Crippen LogP contribution in [-0.4, -0.2) is 70.3 Å². The van der Waals surface area contributed by atoms with Crippen molar-refractivity contribution in [2.75, 3.05) is 50.1 Å². The predicted octanol–water partition coefficient (Wildman–Crippen LogP) is 4.21. The van der Waals surface area contributed by atoms with Crippen molar-refractivity contribution in [3.8, 4) is 5.75 Å². The zero-order chi connectivity index (χ0) is 22.5. The summed E-state index contributed by atoms with van der Waals surface area (Å²) in [6.45, 7) is 4.96. The van der Waals surface area contributed by atoms with Crippen LogP contribution in [0.3, 0.4) is 0 Å². The van der Waals surface area contributed by atoms with Gasteiger partial charge < -0.3 is 25.1 Å². The van der Waals surface area contributed by atoms with Gasteiger partial charge in [0.15, 0.2) is 11.5 Å². The molecule has 1 aliphatic heterocycles. The number of H-pyrrole nitrogens is 1. The Morgan fingerprint density at radius 3 is 2.82 bits per heavy atom. The van der Waals surface area contributed by atoms with E-state index >= 15 is 0 Å². The number of benzene rings is 1. The maximum Gasteiger partial charge on any atom is 0.231 e. The van der Waals surface area contributed by atoms with Gasteiger partial charge in [-0.15, -0.1) is 0 Å². The van der Waals surface area contributed by atoms with E-state index in [1.165, 1.54) is 19.3 Å². The van der Waals surface area contributed by atoms with E-state index in [0.717, 1.165) is 68.5 Å². The van der Waals surface area contributed by atoms with E-state index in [-0.39, 0.29) is 0 Å². The van der Waals surface area contributed by atoms with Crippen LogP contribution in [0.5, 0.6) is 5.75 Å². The Morgan fingerprint density at radius 2 is 2.00 bits per heavy atom. The number of imidazole rings is 1. The normalized spacial score (nSPS) is 17.8. The molecule has 0 spiro atoms. The van der Waals surface area contributed by atoms with Gasteiger partial charge in [0.1, 0.15) is 17.9 Å². The third-order valence-electron chi connectivity index (χ3n) is 6.19. The third kappa shape index (κ3) is 5.66. The van der Waals surface area contributed by atoms with Gasteiger partial charge in [-0.25, -0.2) is 4.98 Å². The molecule has 0 atom stereocenters. The number of ether oxygens (including phenoxy) is 2. The molecule has 3 heterocycles. The molecular weight excluding hydrogens is 442 g/mol. The van der Waals surface area contributed by atoms with Gasteiger partial charge in [-0.3, -0.25) is 4.90 Å². The molecule has 1 saturated carbocycles. The summed E-state index contributed by atoms with van der Waals surface area (Å²) in [5.74, 6) is 1.95. The van der Waals surface area contributed by atoms with E-state index in [1.807, 2.05) is 18.2 Å². The first-order valence-corrected chi connectivity index (χ1v) is 12.1. The number of rotatable bonds is 8. The van der Waals surface area contributed by atoms with E-state index in [4.69, 9.17) is 26.1 Å². The van der Waals surface area contributed by atoms with Gasteiger partial charge >= 0.3 is 0 Å². The Hall–Kier alpha value is -2.62. The molecule has 0 bridgehead atoms. The molecule has 2 aromatic heterocycles. The van der Waals surface area contributed by atoms with Crippen molar-refractivity contribution in [3.63, 3.8) is 0 Å². The number of aromatic amines is 1. The Bertz CT molecular complexity index is 1060. The summed E-state index contributed by atoms with van der Waals surface area (Å²) in [4.78, 5) is 19.1. The SMILES string of the molecule is Clc1cc(OCCN2CCOCC2)ccc1Nc1nc(NC2CCCCC2)c2nc[nH]c2n1. The zero-order valence-electron chi connectivity index (χ0n) is 18.6. The van der Waals surface area contributed by atoms with Crippen LogP contribution in [0, 0.1) is 0 Å². The van der Waals surface area contributed by atoms with Gasteiger partial charge in [0.25, 0.3) is 0 Å². The first kappa shape index (κ1) is 22.2. The number of aromatic nitrogens is 4. The van der Waals surface area contributed by atoms with Crippen LogP contribution in [0.25, 0.3) is 11.2 Å². The average molecular weight is 472 g/mol. The van der Waals surface area contributed by atoms with Gasteiger partial charge in [0.05, 0.1) is 30.3 Å². The van der Waals surface area contributed by atoms with E-state index in [2.05, 4.69) is 30.5 Å². The minimum absolute atomic E-state index is 0.416. The van der Waals surface area contributed by atoms with Gasteiger partial charge in [-0.1, -0.05) is 30.9 Å². The van der Waals surface area contributed by atoms with Crippen LogP contribution in [0.2, 0.25) is 5.02 Å². The first-order valence-electron chi connectivity index (χ1n) is 11.7. The van der Waals surface area contributed by atoms with Crippen molar-refractivity contribution in [1.82, 2.24) is 24.8 Å². The number of nitrogens with one attached hydrogen (secondary N) is 3. The van der Waals surface area contributed by atoms with Crippen LogP contribution in [-0.2, 0) is 4.74 Å². The molecular formula is C23H30ClN7O2. The molecule has 1 aromatic carbocycles. The number of anilines is 3. The van der Waals surface area contributed by atoms with Crippen LogP contribution in [0.15, 0.2) is 24.5 Å². The van der Waals surface area contributed by atoms with Crippen LogP contribution < -0.4 is 15.4 Å². The van der Waals surface area contributed by atoms with Gasteiger partial charge in [0, 0.05) is 31.7 Å². The molecule has 3 aromatic rings. The molecule has 2 fully saturated rings. The molecule has 0 amide bonds. The Balaban J connectivity index is 1.25. The van der Waals surface area contributed by atoms with Crippen molar-refractivity contribution in [1.29, 1.82) is 0 Å². The fraction of sp³-hybridized carbons (Fsp3) is 0.522. The molecule has 0 unspecified atom stereocenters. The molecule has 9 nitrogen and oxygen atoms in total. The Morgan fingerprint density at radius 1 is 1.15 bits per heavy atom. The standard InChI is InChI=1S/C23H30ClN7O2/c24-18-14-17(33-13-10-31-8-11-32-12-9-31)6-7-19(18)28-23-29-21-20(25-15-26-21)22(30-23)27-16-4-2-1-3-5-16/h6-7,14-16H,1-5,8-13H2,(H3,25,26,27,28,29,30). The highest BCUT2D eigenvalue weighted by Gasteiger charge is 2.18. The molecule has 176 valence electrons. The Labute approximate surface area is 198 Å². The predicted molar refractivity (Wildman–Crippen MR) is 130 cm³/mol. The summed E-state index contributed by atoms with van der Waals surface area (Å²) in [5.41, 5.74) is 2.16. The number of hydrogen-bond acceptors (Lipinski definition) is 8. The largest absolute Gasteiger partial charge is 0.492 e. The third-order valence-corrected chi connectivity index (χ3v) is 6.50. The van der Waals surface area contributed by atoms with Crippen molar-refractivity contribution in [2.24, 2.45) is 0 Å². The second-order valence-electron chi connectivity index (χ2n) is 8.54. The molecule has 2 aliphatic rings. The van der Waals surface area contributed by atoms with Crippen LogP contribution in [0.4, 0.5) is 17.5 Å². The lowest BCUT2D eigenvalue weighted by Gasteiger charge is -2.26. The van der Waals surface area contributed by atoms with Crippen LogP contribution >= 0.6 is 11.6 Å². The second kappa shape index (κ2) is 10.5. The van der Waals surface area contributed by atoms with Crippen molar-refractivity contribution in [3.05, 3.63) is 29.5 Å². The summed E-state index contributed by atoms with van der Waals surface area (Å²) in [6.07, 6.45) is 7.74. The zero-order valence-corrected chi connectivity index (χ0v) is 19.4. The summed E-state index contributed by atoms with van der Waals surface area (Å²) >= 11 is 6.54. The summed E-state index contributed by atoms with van der Waals surface area (Å²) in [7, 11) is 0. The lowest BCUT2D eigenvalue weighted by molar-refractivity contribution is 0.0322. The molecule has 3 N–H and O–H groups in total. The Kier molecular flexibility index (Phi) is 7.09. The minimum Gasteiger partial charge on any atom is -0.492 e. The lowest BCUT2D eigenvalue weighted by Crippen LogP contribution is -2.38. The summed E-state index contributed by atoms with van der Waals surface area (Å²) < 4.78 is 11.3. The summed E-state index contributed by atoms with van der Waals surface area (Å²) in [5, 5.41) is 7.37. The number of morpholine rings is 1. The molecule has 10 heteroatoms. The molecule has 1 saturated heterocycles. The van der Waals surface area contributed by atoms with Gasteiger partial charge in [-0.05, 0) is 25.0 Å². The highest BCUT2D eigenvalue weighted by atomic mass is 35.5. The molecule has 33 heavy (non-hydrogen) atoms. The second-order valence-corrected chi connectivity index (χ2v) is 8.95. The lowest BCUT2D eigenvalue weighted by atomic mass is 9.95. The van der Waals surface area contributed by atoms with Crippen molar-refractivity contribution >= 4 is 40.2 Å². The number of nitrogens with zero attached hydrogens (tertiary/aromatic N) is 4. The smallest absolute Gasteiger partial charge is 0.231 e. The quantitative estimate of drug-likeness (QED) is 0.449. The monoisotopic (exact) mass is 471 g/mol. The number of fused-ring (bicyclic) bond motifs is 1. The number of halogens is 1. The van der Waals surface area contributed by atoms with E-state index < -0.39 is 0 Å². The van der Waals surface area contributed by atoms with E-state index in [1.54, 1.807) is 6.33 Å². The topological polar surface area (TPSA) is 100 Å². The van der Waals surface area contributed by atoms with E-state index in [0.29, 0.717) is 29.3 Å². The molecule has 0 radical (unpaired) electrons. The molecule has 5 rings (SSSR count). The minimum atomic E-state index is 0.416. The van der Waals surface area contributed by atoms with Crippen molar-refractivity contribution < 1.29 is 9.47 Å². The van der Waals surface area contributed by atoms with Gasteiger partial charge in [0.2, 0.25) is 5.95 Å². The first-order chi connectivity index (χ1) is 16.2. The maximum atomic E-state index is 6.54. The number of hydrogen-bond donors (Lipinski definition) is 3. The van der Waals surface area contributed by atoms with Crippen molar-refractivity contribution in [2.45, 2.75) is 38.1 Å². The fourth-order valence-electron chi connectivity index (χ4n) is 4.36. The highest BCUT2D eigenvalue weighted by molar-refractivity contribution is 6.33. The van der Waals surface area contributed by atoms with Gasteiger partial charge in [-0.2, -0.15) is 9.97 Å².